The summed E-state index contributed by atoms with van der Waals surface area (Å²) in [5.41, 5.74) is 1.71. The topological polar surface area (TPSA) is 97.8 Å². The third-order valence-corrected chi connectivity index (χ3v) is 5.94. The highest BCUT2D eigenvalue weighted by molar-refractivity contribution is 7.99. The summed E-state index contributed by atoms with van der Waals surface area (Å²) < 4.78 is 10.9. The van der Waals surface area contributed by atoms with E-state index in [-0.39, 0.29) is 5.69 Å². The van der Waals surface area contributed by atoms with E-state index in [0.29, 0.717) is 30.0 Å². The monoisotopic (exact) mass is 429 g/mol. The number of methoxy groups -OCH3 is 1. The molecule has 3 aromatic rings. The first kappa shape index (κ1) is 20.4. The summed E-state index contributed by atoms with van der Waals surface area (Å²) in [6, 6.07) is 10.7. The minimum Gasteiger partial charge on any atom is -0.481 e. The Morgan fingerprint density at radius 1 is 1.17 bits per heavy atom. The number of pyridine rings is 1. The summed E-state index contributed by atoms with van der Waals surface area (Å²) in [5, 5.41) is 12.1. The van der Waals surface area contributed by atoms with Gasteiger partial charge in [-0.05, 0) is 25.1 Å². The Kier molecular flexibility index (Phi) is 6.34. The molecule has 0 spiro atoms. The van der Waals surface area contributed by atoms with E-state index < -0.39 is 4.92 Å². The van der Waals surface area contributed by atoms with Gasteiger partial charge in [0.15, 0.2) is 5.58 Å². The number of rotatable bonds is 8. The van der Waals surface area contributed by atoms with Crippen LogP contribution in [0.3, 0.4) is 0 Å². The molecule has 0 atom stereocenters. The van der Waals surface area contributed by atoms with Gasteiger partial charge in [0.25, 0.3) is 5.22 Å². The molecule has 3 heterocycles. The predicted molar refractivity (Wildman–Crippen MR) is 115 cm³/mol. The standard InChI is InChI=1S/C20H23N5O4S/c1-28-18-8-7-16(25(26)27)19(22-18)24-12-10-23(11-13-24)9-4-14-30-20-21-15-5-2-3-6-17(15)29-20/h2-3,5-8H,4,9-14H2,1H3. The number of hydrogen-bond acceptors (Lipinski definition) is 9. The molecule has 0 bridgehead atoms. The number of hydrogen-bond donors (Lipinski definition) is 0. The van der Waals surface area contributed by atoms with Crippen LogP contribution >= 0.6 is 11.8 Å². The van der Waals surface area contributed by atoms with Gasteiger partial charge >= 0.3 is 5.69 Å². The lowest BCUT2D eigenvalue weighted by molar-refractivity contribution is -0.384. The Morgan fingerprint density at radius 3 is 2.70 bits per heavy atom. The SMILES string of the molecule is COc1ccc([N+](=O)[O-])c(N2CCN(CCCSc3nc4ccccc4o3)CC2)n1. The highest BCUT2D eigenvalue weighted by atomic mass is 32.2. The third kappa shape index (κ3) is 4.65. The zero-order chi connectivity index (χ0) is 20.9. The summed E-state index contributed by atoms with van der Waals surface area (Å²) >= 11 is 1.63. The van der Waals surface area contributed by atoms with Gasteiger partial charge < -0.3 is 14.1 Å². The van der Waals surface area contributed by atoms with Crippen molar-refractivity contribution in [1.29, 1.82) is 0 Å². The van der Waals surface area contributed by atoms with Gasteiger partial charge in [-0.15, -0.1) is 0 Å². The number of nitro groups is 1. The van der Waals surface area contributed by atoms with Crippen LogP contribution in [-0.4, -0.2) is 65.4 Å². The van der Waals surface area contributed by atoms with E-state index in [1.807, 2.05) is 29.2 Å². The number of piperazine rings is 1. The molecule has 0 radical (unpaired) electrons. The van der Waals surface area contributed by atoms with E-state index in [1.165, 1.54) is 19.2 Å². The largest absolute Gasteiger partial charge is 0.481 e. The molecule has 158 valence electrons. The summed E-state index contributed by atoms with van der Waals surface area (Å²) in [5.74, 6) is 1.69. The van der Waals surface area contributed by atoms with Crippen molar-refractivity contribution in [3.63, 3.8) is 0 Å². The van der Waals surface area contributed by atoms with Crippen LogP contribution in [0.4, 0.5) is 11.5 Å². The molecule has 0 aliphatic carbocycles. The lowest BCUT2D eigenvalue weighted by Crippen LogP contribution is -2.47. The van der Waals surface area contributed by atoms with Gasteiger partial charge in [0.1, 0.15) is 5.52 Å². The summed E-state index contributed by atoms with van der Waals surface area (Å²) in [6.45, 7) is 4.03. The number of fused-ring (bicyclic) bond motifs is 1. The molecular weight excluding hydrogens is 406 g/mol. The van der Waals surface area contributed by atoms with Crippen LogP contribution in [0.1, 0.15) is 6.42 Å². The molecule has 9 nitrogen and oxygen atoms in total. The number of para-hydroxylation sites is 2. The Labute approximate surface area is 178 Å². The van der Waals surface area contributed by atoms with Crippen LogP contribution in [0.25, 0.3) is 11.1 Å². The fourth-order valence-corrected chi connectivity index (χ4v) is 4.22. The van der Waals surface area contributed by atoms with Crippen molar-refractivity contribution in [2.24, 2.45) is 0 Å². The summed E-state index contributed by atoms with van der Waals surface area (Å²) in [7, 11) is 1.51. The zero-order valence-electron chi connectivity index (χ0n) is 16.7. The number of thioether (sulfide) groups is 1. The van der Waals surface area contributed by atoms with Gasteiger partial charge in [-0.25, -0.2) is 4.98 Å². The number of oxazole rings is 1. The minimum absolute atomic E-state index is 0.0129. The molecule has 0 saturated carbocycles. The van der Waals surface area contributed by atoms with Gasteiger partial charge in [-0.1, -0.05) is 23.9 Å². The highest BCUT2D eigenvalue weighted by Crippen LogP contribution is 2.29. The van der Waals surface area contributed by atoms with Crippen molar-refractivity contribution in [1.82, 2.24) is 14.9 Å². The van der Waals surface area contributed by atoms with Crippen LogP contribution in [0.5, 0.6) is 5.88 Å². The van der Waals surface area contributed by atoms with E-state index in [1.54, 1.807) is 11.8 Å². The first-order valence-electron chi connectivity index (χ1n) is 9.79. The molecule has 1 saturated heterocycles. The zero-order valence-corrected chi connectivity index (χ0v) is 17.5. The van der Waals surface area contributed by atoms with E-state index in [0.717, 1.165) is 42.9 Å². The molecule has 0 amide bonds. The van der Waals surface area contributed by atoms with Gasteiger partial charge in [-0.2, -0.15) is 4.98 Å². The maximum Gasteiger partial charge on any atom is 0.311 e. The molecule has 0 N–H and O–H groups in total. The molecule has 10 heteroatoms. The van der Waals surface area contributed by atoms with Crippen molar-refractivity contribution in [3.8, 4) is 5.88 Å². The smallest absolute Gasteiger partial charge is 0.311 e. The molecular formula is C20H23N5O4S. The fourth-order valence-electron chi connectivity index (χ4n) is 3.46. The summed E-state index contributed by atoms with van der Waals surface area (Å²) in [6.07, 6.45) is 1.01. The van der Waals surface area contributed by atoms with Gasteiger partial charge in [0.05, 0.1) is 12.0 Å². The molecule has 4 rings (SSSR count). The highest BCUT2D eigenvalue weighted by Gasteiger charge is 2.25. The van der Waals surface area contributed by atoms with E-state index in [2.05, 4.69) is 14.9 Å². The molecule has 1 fully saturated rings. The average Bonchev–Trinajstić information content (AvgIpc) is 3.19. The maximum atomic E-state index is 11.3. The number of aromatic nitrogens is 2. The molecule has 0 unspecified atom stereocenters. The van der Waals surface area contributed by atoms with Crippen molar-refractivity contribution in [3.05, 3.63) is 46.5 Å². The Morgan fingerprint density at radius 2 is 1.97 bits per heavy atom. The quantitative estimate of drug-likeness (QED) is 0.231. The van der Waals surface area contributed by atoms with E-state index >= 15 is 0 Å². The Balaban J connectivity index is 1.25. The van der Waals surface area contributed by atoms with Crippen molar-refractivity contribution < 1.29 is 14.1 Å². The van der Waals surface area contributed by atoms with Crippen LogP contribution < -0.4 is 9.64 Å². The van der Waals surface area contributed by atoms with E-state index in [4.69, 9.17) is 9.15 Å². The molecule has 1 aliphatic heterocycles. The number of benzene rings is 1. The van der Waals surface area contributed by atoms with Crippen LogP contribution in [0, 0.1) is 10.1 Å². The van der Waals surface area contributed by atoms with Gasteiger partial charge in [0, 0.05) is 44.1 Å². The molecule has 1 aromatic carbocycles. The lowest BCUT2D eigenvalue weighted by Gasteiger charge is -2.35. The van der Waals surface area contributed by atoms with Gasteiger partial charge in [0.2, 0.25) is 11.7 Å². The van der Waals surface area contributed by atoms with Crippen molar-refractivity contribution in [2.45, 2.75) is 11.6 Å². The first-order valence-corrected chi connectivity index (χ1v) is 10.8. The second-order valence-corrected chi connectivity index (χ2v) is 7.98. The number of nitrogens with zero attached hydrogens (tertiary/aromatic N) is 5. The van der Waals surface area contributed by atoms with Crippen LogP contribution in [0.2, 0.25) is 0 Å². The van der Waals surface area contributed by atoms with E-state index in [9.17, 15) is 10.1 Å². The predicted octanol–water partition coefficient (Wildman–Crippen LogP) is 3.44. The van der Waals surface area contributed by atoms with Crippen molar-refractivity contribution in [2.75, 3.05) is 50.5 Å². The third-order valence-electron chi connectivity index (χ3n) is 5.03. The van der Waals surface area contributed by atoms with Crippen molar-refractivity contribution >= 4 is 34.4 Å². The molecule has 2 aromatic heterocycles. The number of anilines is 1. The molecule has 1 aliphatic rings. The first-order chi connectivity index (χ1) is 14.6. The normalized spacial score (nSPS) is 14.9. The summed E-state index contributed by atoms with van der Waals surface area (Å²) in [4.78, 5) is 24.1. The van der Waals surface area contributed by atoms with Crippen LogP contribution in [-0.2, 0) is 0 Å². The fraction of sp³-hybridized carbons (Fsp3) is 0.400. The second-order valence-electron chi connectivity index (χ2n) is 6.93. The van der Waals surface area contributed by atoms with Gasteiger partial charge in [-0.3, -0.25) is 15.0 Å². The van der Waals surface area contributed by atoms with Crippen LogP contribution in [0.15, 0.2) is 46.0 Å². The Hall–Kier alpha value is -2.85. The second kappa shape index (κ2) is 9.31. The average molecular weight is 430 g/mol. The molecule has 30 heavy (non-hydrogen) atoms. The lowest BCUT2D eigenvalue weighted by atomic mass is 10.2. The number of ether oxygens (including phenoxy) is 1. The maximum absolute atomic E-state index is 11.3. The minimum atomic E-state index is -0.391. The Bertz CT molecular complexity index is 986.